The first-order chi connectivity index (χ1) is 10.6. The van der Waals surface area contributed by atoms with Crippen LogP contribution in [0.4, 0.5) is 10.5 Å². The van der Waals surface area contributed by atoms with Gasteiger partial charge in [-0.25, -0.2) is 17.5 Å². The highest BCUT2D eigenvalue weighted by Gasteiger charge is 2.41. The van der Waals surface area contributed by atoms with Crippen LogP contribution in [0.2, 0.25) is 0 Å². The smallest absolute Gasteiger partial charge is 0.291 e. The van der Waals surface area contributed by atoms with Gasteiger partial charge in [-0.15, -0.1) is 11.3 Å². The first-order valence-corrected chi connectivity index (χ1v) is 9.38. The van der Waals surface area contributed by atoms with Crippen molar-refractivity contribution in [1.29, 1.82) is 0 Å². The van der Waals surface area contributed by atoms with Gasteiger partial charge < -0.3 is 0 Å². The van der Waals surface area contributed by atoms with Gasteiger partial charge in [0.25, 0.3) is 10.0 Å². The molecule has 2 aromatic rings. The van der Waals surface area contributed by atoms with Crippen molar-refractivity contribution in [2.45, 2.75) is 24.8 Å². The summed E-state index contributed by atoms with van der Waals surface area (Å²) in [4.78, 5) is 14.4. The first-order valence-electron chi connectivity index (χ1n) is 7.00. The highest BCUT2D eigenvalue weighted by molar-refractivity contribution is 7.90. The third-order valence-corrected chi connectivity index (χ3v) is 6.16. The summed E-state index contributed by atoms with van der Waals surface area (Å²) in [5.74, 6) is 0. The quantitative estimate of drug-likeness (QED) is 0.861. The predicted molar refractivity (Wildman–Crippen MR) is 86.5 cm³/mol. The molecule has 2 heterocycles. The van der Waals surface area contributed by atoms with Gasteiger partial charge in [0.1, 0.15) is 4.90 Å². The van der Waals surface area contributed by atoms with Crippen molar-refractivity contribution in [2.75, 3.05) is 11.4 Å². The second kappa shape index (κ2) is 5.73. The molecule has 7 heteroatoms. The molecule has 0 radical (unpaired) electrons. The zero-order valence-electron chi connectivity index (χ0n) is 12.1. The Hall–Kier alpha value is -1.86. The summed E-state index contributed by atoms with van der Waals surface area (Å²) in [5.41, 5.74) is 1.29. The van der Waals surface area contributed by atoms with Crippen LogP contribution in [0, 0.1) is 0 Å². The molecule has 116 valence electrons. The lowest BCUT2D eigenvalue weighted by Gasteiger charge is -2.34. The van der Waals surface area contributed by atoms with Crippen molar-refractivity contribution in [3.63, 3.8) is 0 Å². The minimum atomic E-state index is -3.79. The molecule has 1 aliphatic rings. The average molecular weight is 336 g/mol. The Kier molecular flexibility index (Phi) is 3.92. The van der Waals surface area contributed by atoms with Crippen LogP contribution in [-0.4, -0.2) is 25.3 Å². The second-order valence-corrected chi connectivity index (χ2v) is 7.63. The van der Waals surface area contributed by atoms with E-state index in [-0.39, 0.29) is 11.4 Å². The summed E-state index contributed by atoms with van der Waals surface area (Å²) in [5, 5.41) is 3.32. The Labute approximate surface area is 133 Å². The van der Waals surface area contributed by atoms with Crippen LogP contribution in [0.15, 0.2) is 46.0 Å². The molecule has 3 rings (SSSR count). The summed E-state index contributed by atoms with van der Waals surface area (Å²) in [6, 6.07) is 8.67. The molecule has 5 nitrogen and oxygen atoms in total. The normalized spacial score (nSPS) is 16.7. The molecule has 2 amide bonds. The molecule has 0 saturated heterocycles. The largest absolute Gasteiger partial charge is 0.338 e. The molecular weight excluding hydrogens is 320 g/mol. The van der Waals surface area contributed by atoms with E-state index in [2.05, 4.69) is 0 Å². The van der Waals surface area contributed by atoms with Gasteiger partial charge in [0.2, 0.25) is 0 Å². The van der Waals surface area contributed by atoms with Gasteiger partial charge >= 0.3 is 6.03 Å². The zero-order chi connectivity index (χ0) is 15.7. The van der Waals surface area contributed by atoms with E-state index in [1.807, 2.05) is 37.3 Å². The Bertz CT molecular complexity index is 784. The van der Waals surface area contributed by atoms with Crippen LogP contribution in [-0.2, 0) is 16.6 Å². The molecule has 0 saturated carbocycles. The van der Waals surface area contributed by atoms with E-state index in [1.165, 1.54) is 11.3 Å². The van der Waals surface area contributed by atoms with Crippen molar-refractivity contribution in [3.05, 3.63) is 46.7 Å². The zero-order valence-corrected chi connectivity index (χ0v) is 13.7. The molecule has 22 heavy (non-hydrogen) atoms. The summed E-state index contributed by atoms with van der Waals surface area (Å²) in [7, 11) is -3.79. The lowest BCUT2D eigenvalue weighted by Crippen LogP contribution is -2.50. The van der Waals surface area contributed by atoms with E-state index in [0.29, 0.717) is 12.2 Å². The van der Waals surface area contributed by atoms with Crippen LogP contribution >= 0.6 is 11.3 Å². The van der Waals surface area contributed by atoms with Crippen molar-refractivity contribution < 1.29 is 13.2 Å². The van der Waals surface area contributed by atoms with Crippen LogP contribution in [0.5, 0.6) is 0 Å². The van der Waals surface area contributed by atoms with Crippen LogP contribution in [0.1, 0.15) is 18.9 Å². The van der Waals surface area contributed by atoms with Crippen LogP contribution in [0.25, 0.3) is 0 Å². The molecule has 0 aliphatic carbocycles. The first kappa shape index (κ1) is 15.1. The van der Waals surface area contributed by atoms with E-state index >= 15 is 0 Å². The summed E-state index contributed by atoms with van der Waals surface area (Å²) >= 11 is 1.30. The van der Waals surface area contributed by atoms with Gasteiger partial charge in [-0.2, -0.15) is 0 Å². The van der Waals surface area contributed by atoms with Crippen LogP contribution in [0.3, 0.4) is 0 Å². The van der Waals surface area contributed by atoms with Gasteiger partial charge in [-0.05, 0) is 12.0 Å². The molecule has 1 aliphatic heterocycles. The van der Waals surface area contributed by atoms with E-state index < -0.39 is 16.1 Å². The van der Waals surface area contributed by atoms with Gasteiger partial charge in [-0.3, -0.25) is 4.90 Å². The topological polar surface area (TPSA) is 57.7 Å². The summed E-state index contributed by atoms with van der Waals surface area (Å²) in [6.07, 6.45) is 0.764. The van der Waals surface area contributed by atoms with Crippen molar-refractivity contribution in [2.24, 2.45) is 0 Å². The number of thiophene rings is 1. The van der Waals surface area contributed by atoms with Crippen molar-refractivity contribution in [3.8, 4) is 0 Å². The number of benzene rings is 1. The minimum absolute atomic E-state index is 0.0531. The Morgan fingerprint density at radius 2 is 1.86 bits per heavy atom. The molecule has 1 aromatic carbocycles. The number of amides is 2. The van der Waals surface area contributed by atoms with Crippen LogP contribution < -0.4 is 4.90 Å². The molecule has 0 N–H and O–H groups in total. The number of urea groups is 1. The highest BCUT2D eigenvalue weighted by atomic mass is 32.2. The van der Waals surface area contributed by atoms with E-state index in [4.69, 9.17) is 0 Å². The van der Waals surface area contributed by atoms with E-state index in [1.54, 1.807) is 15.7 Å². The van der Waals surface area contributed by atoms with Crippen molar-refractivity contribution >= 4 is 33.1 Å². The van der Waals surface area contributed by atoms with E-state index in [0.717, 1.165) is 16.3 Å². The Balaban J connectivity index is 2.05. The van der Waals surface area contributed by atoms with Gasteiger partial charge in [-0.1, -0.05) is 37.3 Å². The van der Waals surface area contributed by atoms with Crippen molar-refractivity contribution in [1.82, 2.24) is 4.31 Å². The molecule has 0 bridgehead atoms. The van der Waals surface area contributed by atoms with Gasteiger partial charge in [0, 0.05) is 17.3 Å². The minimum Gasteiger partial charge on any atom is -0.291 e. The summed E-state index contributed by atoms with van der Waals surface area (Å²) < 4.78 is 26.4. The molecule has 0 fully saturated rings. The number of nitrogens with zero attached hydrogens (tertiary/aromatic N) is 2. The van der Waals surface area contributed by atoms with E-state index in [9.17, 15) is 13.2 Å². The van der Waals surface area contributed by atoms with Gasteiger partial charge in [0.05, 0.1) is 12.2 Å². The number of fused-ring (bicyclic) bond motifs is 1. The Morgan fingerprint density at radius 1 is 1.14 bits per heavy atom. The molecule has 0 spiro atoms. The number of sulfonamides is 1. The molecular formula is C15H16N2O3S2. The number of anilines is 1. The molecule has 1 aromatic heterocycles. The number of carbonyl (C=O) groups excluding carboxylic acids is 1. The molecule has 0 unspecified atom stereocenters. The number of carbonyl (C=O) groups is 1. The third kappa shape index (κ3) is 2.40. The lowest BCUT2D eigenvalue weighted by molar-refractivity contribution is 0.226. The molecule has 0 atom stereocenters. The fraction of sp³-hybridized carbons (Fsp3) is 0.267. The SMILES string of the molecule is CCCN1C(=O)N(Cc2ccccc2)S(=O)(=O)c2cscc21. The maximum Gasteiger partial charge on any atom is 0.338 e. The second-order valence-electron chi connectivity index (χ2n) is 5.05. The highest BCUT2D eigenvalue weighted by Crippen LogP contribution is 2.37. The third-order valence-electron chi connectivity index (χ3n) is 3.53. The predicted octanol–water partition coefficient (Wildman–Crippen LogP) is 3.29. The fourth-order valence-corrected chi connectivity index (χ4v) is 5.19. The summed E-state index contributed by atoms with van der Waals surface area (Å²) in [6.45, 7) is 2.52. The fourth-order valence-electron chi connectivity index (χ4n) is 2.47. The number of rotatable bonds is 4. The van der Waals surface area contributed by atoms with Gasteiger partial charge in [0.15, 0.2) is 0 Å². The maximum atomic E-state index is 12.7. The lowest BCUT2D eigenvalue weighted by atomic mass is 10.2. The standard InChI is InChI=1S/C15H16N2O3S2/c1-2-8-16-13-10-21-11-14(13)22(19,20)17(15(16)18)9-12-6-4-3-5-7-12/h3-7,10-11H,2,8-9H2,1H3. The number of hydrogen-bond acceptors (Lipinski definition) is 4. The Morgan fingerprint density at radius 3 is 2.55 bits per heavy atom. The maximum absolute atomic E-state index is 12.7. The average Bonchev–Trinajstić information content (AvgIpc) is 3.00. The number of hydrogen-bond donors (Lipinski definition) is 0. The monoisotopic (exact) mass is 336 g/mol.